The highest BCUT2D eigenvalue weighted by Gasteiger charge is 2.26. The molecule has 3 aromatic rings. The highest BCUT2D eigenvalue weighted by atomic mass is 15.3. The molecule has 4 rings (SSSR count). The summed E-state index contributed by atoms with van der Waals surface area (Å²) in [4.78, 5) is 9.66. The van der Waals surface area contributed by atoms with Crippen molar-refractivity contribution in [2.24, 2.45) is 0 Å². The fraction of sp³-hybridized carbons (Fsp3) is 0.524. The minimum atomic E-state index is 0.225. The van der Waals surface area contributed by atoms with Gasteiger partial charge in [0.15, 0.2) is 0 Å². The zero-order valence-corrected chi connectivity index (χ0v) is 17.4. The summed E-state index contributed by atoms with van der Waals surface area (Å²) in [6, 6.07) is 6.48. The van der Waals surface area contributed by atoms with Crippen LogP contribution in [-0.4, -0.2) is 57.9 Å². The van der Waals surface area contributed by atoms with Gasteiger partial charge in [0.25, 0.3) is 0 Å². The van der Waals surface area contributed by atoms with Gasteiger partial charge in [-0.2, -0.15) is 5.10 Å². The fourth-order valence-corrected chi connectivity index (χ4v) is 3.95. The summed E-state index contributed by atoms with van der Waals surface area (Å²) in [5.41, 5.74) is 9.52. The van der Waals surface area contributed by atoms with Crippen molar-refractivity contribution in [2.75, 3.05) is 43.4 Å². The molecule has 1 saturated heterocycles. The molecule has 3 heterocycles. The lowest BCUT2D eigenvalue weighted by atomic mass is 10.0. The van der Waals surface area contributed by atoms with Gasteiger partial charge in [-0.3, -0.25) is 14.9 Å². The molecular formula is C21H31N7. The third kappa shape index (κ3) is 3.52. The molecule has 1 aliphatic rings. The molecule has 0 radical (unpaired) electrons. The number of anilines is 2. The minimum Gasteiger partial charge on any atom is -0.383 e. The second-order valence-electron chi connectivity index (χ2n) is 8.54. The Morgan fingerprint density at radius 1 is 1.11 bits per heavy atom. The van der Waals surface area contributed by atoms with E-state index in [9.17, 15) is 0 Å². The van der Waals surface area contributed by atoms with Crippen molar-refractivity contribution >= 4 is 33.3 Å². The first-order valence-corrected chi connectivity index (χ1v) is 10.1. The zero-order chi connectivity index (χ0) is 19.9. The van der Waals surface area contributed by atoms with Gasteiger partial charge in [-0.1, -0.05) is 6.92 Å². The molecule has 3 N–H and O–H groups in total. The van der Waals surface area contributed by atoms with E-state index in [2.05, 4.69) is 66.0 Å². The zero-order valence-electron chi connectivity index (χ0n) is 17.4. The molecule has 150 valence electrons. The normalized spacial score (nSPS) is 16.4. The Morgan fingerprint density at radius 3 is 2.54 bits per heavy atom. The summed E-state index contributed by atoms with van der Waals surface area (Å²) in [5, 5.41) is 9.99. The van der Waals surface area contributed by atoms with E-state index in [-0.39, 0.29) is 5.54 Å². The van der Waals surface area contributed by atoms with Crippen molar-refractivity contribution in [1.82, 2.24) is 25.0 Å². The Hall–Kier alpha value is -2.38. The van der Waals surface area contributed by atoms with Gasteiger partial charge in [-0.15, -0.1) is 0 Å². The van der Waals surface area contributed by atoms with Crippen molar-refractivity contribution in [2.45, 2.75) is 39.9 Å². The SMILES string of the molecule is CCNCn1cc2c(N)nc3cc(N4CCN(C(C)(C)C)CC4)ccc3c2n1. The van der Waals surface area contributed by atoms with Crippen LogP contribution < -0.4 is 16.0 Å². The van der Waals surface area contributed by atoms with Crippen molar-refractivity contribution in [3.63, 3.8) is 0 Å². The van der Waals surface area contributed by atoms with Crippen molar-refractivity contribution in [3.05, 3.63) is 24.4 Å². The van der Waals surface area contributed by atoms with Gasteiger partial charge in [0.1, 0.15) is 11.3 Å². The van der Waals surface area contributed by atoms with Gasteiger partial charge < -0.3 is 10.6 Å². The van der Waals surface area contributed by atoms with Gasteiger partial charge in [-0.05, 0) is 45.5 Å². The Kier molecular flexibility index (Phi) is 4.89. The smallest absolute Gasteiger partial charge is 0.135 e. The highest BCUT2D eigenvalue weighted by Crippen LogP contribution is 2.30. The van der Waals surface area contributed by atoms with Gasteiger partial charge >= 0.3 is 0 Å². The Labute approximate surface area is 166 Å². The van der Waals surface area contributed by atoms with Crippen LogP contribution in [0.3, 0.4) is 0 Å². The molecular weight excluding hydrogens is 350 g/mol. The summed E-state index contributed by atoms with van der Waals surface area (Å²) in [7, 11) is 0. The van der Waals surface area contributed by atoms with Crippen LogP contribution in [0.25, 0.3) is 21.8 Å². The third-order valence-corrected chi connectivity index (χ3v) is 5.63. The number of rotatable bonds is 4. The molecule has 0 unspecified atom stereocenters. The monoisotopic (exact) mass is 381 g/mol. The number of pyridine rings is 1. The third-order valence-electron chi connectivity index (χ3n) is 5.63. The standard InChI is InChI=1S/C21H31N7/c1-5-23-14-28-13-17-19(25-28)16-7-6-15(12-18(16)24-20(17)22)26-8-10-27(11-9-26)21(2,3)4/h6-7,12-13,23H,5,8-11,14H2,1-4H3,(H2,22,24). The van der Waals surface area contributed by atoms with Crippen molar-refractivity contribution < 1.29 is 0 Å². The maximum Gasteiger partial charge on any atom is 0.135 e. The molecule has 0 amide bonds. The number of benzene rings is 1. The molecule has 2 aromatic heterocycles. The lowest BCUT2D eigenvalue weighted by molar-refractivity contribution is 0.128. The predicted molar refractivity (Wildman–Crippen MR) is 117 cm³/mol. The average Bonchev–Trinajstić information content (AvgIpc) is 3.10. The number of nitrogens with one attached hydrogen (secondary N) is 1. The van der Waals surface area contributed by atoms with E-state index in [1.54, 1.807) is 0 Å². The highest BCUT2D eigenvalue weighted by molar-refractivity contribution is 6.08. The summed E-state index contributed by atoms with van der Waals surface area (Å²) >= 11 is 0. The topological polar surface area (TPSA) is 75.2 Å². The number of fused-ring (bicyclic) bond motifs is 3. The first kappa shape index (κ1) is 19.0. The molecule has 7 heteroatoms. The van der Waals surface area contributed by atoms with E-state index in [1.165, 1.54) is 5.69 Å². The molecule has 0 aliphatic carbocycles. The van der Waals surface area contributed by atoms with Crippen LogP contribution in [0.1, 0.15) is 27.7 Å². The minimum absolute atomic E-state index is 0.225. The molecule has 7 nitrogen and oxygen atoms in total. The molecule has 28 heavy (non-hydrogen) atoms. The summed E-state index contributed by atoms with van der Waals surface area (Å²) in [6.45, 7) is 14.7. The fourth-order valence-electron chi connectivity index (χ4n) is 3.95. The average molecular weight is 382 g/mol. The van der Waals surface area contributed by atoms with Crippen molar-refractivity contribution in [1.29, 1.82) is 0 Å². The van der Waals surface area contributed by atoms with Gasteiger partial charge in [0.2, 0.25) is 0 Å². The Morgan fingerprint density at radius 2 is 1.86 bits per heavy atom. The lowest BCUT2D eigenvalue weighted by Gasteiger charge is -2.43. The maximum atomic E-state index is 6.25. The Bertz CT molecular complexity index is 978. The second-order valence-corrected chi connectivity index (χ2v) is 8.54. The summed E-state index contributed by atoms with van der Waals surface area (Å²) in [6.07, 6.45) is 1.97. The quantitative estimate of drug-likeness (QED) is 0.724. The first-order valence-electron chi connectivity index (χ1n) is 10.1. The van der Waals surface area contributed by atoms with Gasteiger partial charge in [0, 0.05) is 49.0 Å². The summed E-state index contributed by atoms with van der Waals surface area (Å²) < 4.78 is 1.89. The largest absolute Gasteiger partial charge is 0.383 e. The predicted octanol–water partition coefficient (Wildman–Crippen LogP) is 2.65. The molecule has 1 fully saturated rings. The first-order chi connectivity index (χ1) is 13.4. The van der Waals surface area contributed by atoms with Crippen LogP contribution in [-0.2, 0) is 6.67 Å². The molecule has 1 aromatic carbocycles. The number of nitrogens with two attached hydrogens (primary N) is 1. The van der Waals surface area contributed by atoms with Crippen LogP contribution in [0.2, 0.25) is 0 Å². The summed E-state index contributed by atoms with van der Waals surface area (Å²) in [5.74, 6) is 0.542. The maximum absolute atomic E-state index is 6.25. The molecule has 0 atom stereocenters. The van der Waals surface area contributed by atoms with Crippen LogP contribution in [0.5, 0.6) is 0 Å². The number of aromatic nitrogens is 3. The van der Waals surface area contributed by atoms with E-state index in [4.69, 9.17) is 10.8 Å². The van der Waals surface area contributed by atoms with E-state index < -0.39 is 0 Å². The van der Waals surface area contributed by atoms with E-state index in [0.29, 0.717) is 12.5 Å². The lowest BCUT2D eigenvalue weighted by Crippen LogP contribution is -2.53. The van der Waals surface area contributed by atoms with Crippen LogP contribution in [0, 0.1) is 0 Å². The molecule has 1 aliphatic heterocycles. The van der Waals surface area contributed by atoms with E-state index >= 15 is 0 Å². The molecule has 0 spiro atoms. The van der Waals surface area contributed by atoms with Gasteiger partial charge in [0.05, 0.1) is 17.6 Å². The second kappa shape index (κ2) is 7.22. The number of hydrogen-bond acceptors (Lipinski definition) is 6. The van der Waals surface area contributed by atoms with Gasteiger partial charge in [-0.25, -0.2) is 4.98 Å². The van der Waals surface area contributed by atoms with Crippen LogP contribution in [0.15, 0.2) is 24.4 Å². The number of hydrogen-bond donors (Lipinski definition) is 2. The molecule has 0 saturated carbocycles. The Balaban J connectivity index is 1.63. The van der Waals surface area contributed by atoms with Crippen molar-refractivity contribution in [3.8, 4) is 0 Å². The number of piperazine rings is 1. The van der Waals surface area contributed by atoms with Crippen LogP contribution in [0.4, 0.5) is 11.5 Å². The van der Waals surface area contributed by atoms with E-state index in [1.807, 2.05) is 10.9 Å². The number of nitrogens with zero attached hydrogens (tertiary/aromatic N) is 5. The number of nitrogen functional groups attached to an aromatic ring is 1. The molecule has 0 bridgehead atoms. The van der Waals surface area contributed by atoms with Crippen LogP contribution >= 0.6 is 0 Å². The van der Waals surface area contributed by atoms with E-state index in [0.717, 1.165) is 54.5 Å².